The summed E-state index contributed by atoms with van der Waals surface area (Å²) >= 11 is 0. The first-order valence-electron chi connectivity index (χ1n) is 10.8. The van der Waals surface area contributed by atoms with E-state index in [9.17, 15) is 22.4 Å². The summed E-state index contributed by atoms with van der Waals surface area (Å²) in [6.45, 7) is -0.823. The Morgan fingerprint density at radius 3 is 2.46 bits per heavy atom. The second-order valence-corrected chi connectivity index (χ2v) is 9.57. The van der Waals surface area contributed by atoms with E-state index in [1.165, 1.54) is 33.8 Å². The quantitative estimate of drug-likeness (QED) is 0.335. The summed E-state index contributed by atoms with van der Waals surface area (Å²) in [5, 5.41) is 8.25. The SMILES string of the molecule is Cn1cc(Cn2c(=O)c3cc(N([SH](=O)=O)C4(CF)CC4)ccc3n(Cc3ncnn3C)c2=O)cn1. The highest BCUT2D eigenvalue weighted by Crippen LogP contribution is 2.45. The lowest BCUT2D eigenvalue weighted by Crippen LogP contribution is -2.41. The summed E-state index contributed by atoms with van der Waals surface area (Å²) in [6.07, 6.45) is 5.40. The molecule has 0 radical (unpaired) electrons. The zero-order valence-corrected chi connectivity index (χ0v) is 19.9. The largest absolute Gasteiger partial charge is 0.332 e. The van der Waals surface area contributed by atoms with Crippen LogP contribution in [0.4, 0.5) is 10.1 Å². The van der Waals surface area contributed by atoms with Crippen LogP contribution in [0.25, 0.3) is 10.9 Å². The van der Waals surface area contributed by atoms with Crippen molar-refractivity contribution in [3.63, 3.8) is 0 Å². The van der Waals surface area contributed by atoms with Crippen LogP contribution in [0.3, 0.4) is 0 Å². The van der Waals surface area contributed by atoms with Gasteiger partial charge in [-0.25, -0.2) is 22.6 Å². The fraction of sp³-hybridized carbons (Fsp3) is 0.381. The van der Waals surface area contributed by atoms with E-state index in [1.807, 2.05) is 0 Å². The number of thiol groups is 1. The maximum atomic E-state index is 13.8. The Morgan fingerprint density at radius 1 is 1.11 bits per heavy atom. The van der Waals surface area contributed by atoms with Crippen LogP contribution < -0.4 is 15.6 Å². The van der Waals surface area contributed by atoms with Gasteiger partial charge in [0.05, 0.1) is 41.4 Å². The standard InChI is InChI=1S/C21H23FN8O4S/c1-26-9-14(8-24-26)10-29-19(31)16-7-15(30(35(33)34)21(12-22)5-6-21)3-4-17(16)28(20(29)32)11-18-23-13-25-27(18)2/h3-4,7-9,13,35H,5-6,10-12H2,1-2H3. The van der Waals surface area contributed by atoms with Crippen LogP contribution in [0.2, 0.25) is 0 Å². The highest BCUT2D eigenvalue weighted by atomic mass is 32.2. The van der Waals surface area contributed by atoms with Gasteiger partial charge in [-0.05, 0) is 31.0 Å². The minimum absolute atomic E-state index is 0.0293. The van der Waals surface area contributed by atoms with Crippen molar-refractivity contribution in [2.45, 2.75) is 31.5 Å². The van der Waals surface area contributed by atoms with E-state index in [2.05, 4.69) is 15.2 Å². The zero-order valence-electron chi connectivity index (χ0n) is 19.0. The number of aromatic nitrogens is 7. The molecule has 14 heteroatoms. The number of anilines is 1. The predicted molar refractivity (Wildman–Crippen MR) is 126 cm³/mol. The van der Waals surface area contributed by atoms with E-state index in [0.29, 0.717) is 29.7 Å². The summed E-state index contributed by atoms with van der Waals surface area (Å²) < 4.78 is 44.5. The maximum Gasteiger partial charge on any atom is 0.332 e. The fourth-order valence-electron chi connectivity index (χ4n) is 4.26. The number of nitrogens with zero attached hydrogens (tertiary/aromatic N) is 8. The number of alkyl halides is 1. The molecule has 1 aliphatic rings. The molecule has 3 heterocycles. The molecule has 1 fully saturated rings. The molecule has 1 saturated carbocycles. The smallest absolute Gasteiger partial charge is 0.286 e. The Kier molecular flexibility index (Phi) is 5.54. The van der Waals surface area contributed by atoms with Gasteiger partial charge in [0.1, 0.15) is 18.8 Å². The van der Waals surface area contributed by atoms with Crippen molar-refractivity contribution in [3.05, 3.63) is 69.1 Å². The van der Waals surface area contributed by atoms with Gasteiger partial charge in [0.15, 0.2) is 0 Å². The number of hydrogen-bond acceptors (Lipinski definition) is 7. The molecule has 3 aromatic heterocycles. The monoisotopic (exact) mass is 502 g/mol. The van der Waals surface area contributed by atoms with Crippen molar-refractivity contribution in [3.8, 4) is 0 Å². The third-order valence-corrected chi connectivity index (χ3v) is 7.33. The molecule has 12 nitrogen and oxygen atoms in total. The highest BCUT2D eigenvalue weighted by molar-refractivity contribution is 7.74. The second-order valence-electron chi connectivity index (χ2n) is 8.69. The van der Waals surface area contributed by atoms with Crippen molar-refractivity contribution < 1.29 is 12.8 Å². The molecule has 0 unspecified atom stereocenters. The Labute approximate surface area is 199 Å². The molecular weight excluding hydrogens is 479 g/mol. The van der Waals surface area contributed by atoms with Crippen LogP contribution in [0.1, 0.15) is 24.2 Å². The Bertz CT molecular complexity index is 1620. The Hall–Kier alpha value is -3.81. The average molecular weight is 503 g/mol. The number of hydrogen-bond donors (Lipinski definition) is 1. The molecule has 0 aliphatic heterocycles. The van der Waals surface area contributed by atoms with Gasteiger partial charge in [0, 0.05) is 25.9 Å². The molecular formula is C21H23FN8O4S. The van der Waals surface area contributed by atoms with Crippen molar-refractivity contribution in [1.29, 1.82) is 0 Å². The molecule has 0 spiro atoms. The Morgan fingerprint density at radius 2 is 1.89 bits per heavy atom. The molecule has 5 rings (SSSR count). The van der Waals surface area contributed by atoms with E-state index in [4.69, 9.17) is 0 Å². The first kappa shape index (κ1) is 23.0. The van der Waals surface area contributed by atoms with E-state index in [0.717, 1.165) is 8.87 Å². The fourth-order valence-corrected chi connectivity index (χ4v) is 5.18. The predicted octanol–water partition coefficient (Wildman–Crippen LogP) is -0.0433. The summed E-state index contributed by atoms with van der Waals surface area (Å²) in [4.78, 5) is 31.2. The van der Waals surface area contributed by atoms with Crippen LogP contribution in [0.5, 0.6) is 0 Å². The molecule has 0 N–H and O–H groups in total. The number of halogens is 1. The van der Waals surface area contributed by atoms with Gasteiger partial charge in [-0.2, -0.15) is 10.2 Å². The lowest BCUT2D eigenvalue weighted by molar-refractivity contribution is 0.417. The van der Waals surface area contributed by atoms with Gasteiger partial charge >= 0.3 is 5.69 Å². The number of rotatable bonds is 8. The average Bonchev–Trinajstić information content (AvgIpc) is 3.33. The van der Waals surface area contributed by atoms with Crippen LogP contribution in [-0.4, -0.2) is 54.3 Å². The number of benzene rings is 1. The van der Waals surface area contributed by atoms with Crippen molar-refractivity contribution in [1.82, 2.24) is 33.7 Å². The first-order chi connectivity index (χ1) is 16.7. The molecule has 0 bridgehead atoms. The van der Waals surface area contributed by atoms with Crippen molar-refractivity contribution in [2.75, 3.05) is 11.0 Å². The van der Waals surface area contributed by atoms with Gasteiger partial charge in [0.2, 0.25) is 10.9 Å². The van der Waals surface area contributed by atoms with Crippen molar-refractivity contribution >= 4 is 27.5 Å². The van der Waals surface area contributed by atoms with Gasteiger partial charge in [-0.3, -0.25) is 27.6 Å². The minimum Gasteiger partial charge on any atom is -0.286 e. The second kappa shape index (κ2) is 8.45. The van der Waals surface area contributed by atoms with E-state index in [-0.39, 0.29) is 24.2 Å². The van der Waals surface area contributed by atoms with Crippen LogP contribution in [0.15, 0.2) is 46.5 Å². The molecule has 4 aromatic rings. The van der Waals surface area contributed by atoms with Gasteiger partial charge < -0.3 is 0 Å². The maximum absolute atomic E-state index is 13.8. The van der Waals surface area contributed by atoms with Crippen LogP contribution >= 0.6 is 0 Å². The first-order valence-corrected chi connectivity index (χ1v) is 12.0. The molecule has 35 heavy (non-hydrogen) atoms. The normalized spacial score (nSPS) is 14.6. The molecule has 184 valence electrons. The van der Waals surface area contributed by atoms with Crippen LogP contribution in [0, 0.1) is 0 Å². The summed E-state index contributed by atoms with van der Waals surface area (Å²) in [5.74, 6) is 0.489. The lowest BCUT2D eigenvalue weighted by atomic mass is 10.2. The van der Waals surface area contributed by atoms with E-state index in [1.54, 1.807) is 31.2 Å². The molecule has 0 amide bonds. The van der Waals surface area contributed by atoms with E-state index < -0.39 is 34.4 Å². The van der Waals surface area contributed by atoms with Gasteiger partial charge in [0.25, 0.3) is 5.56 Å². The summed E-state index contributed by atoms with van der Waals surface area (Å²) in [5.41, 5.74) is -1.14. The van der Waals surface area contributed by atoms with Crippen LogP contribution in [-0.2, 0) is 38.1 Å². The lowest BCUT2D eigenvalue weighted by Gasteiger charge is -2.26. The third kappa shape index (κ3) is 3.92. The van der Waals surface area contributed by atoms with E-state index >= 15 is 0 Å². The zero-order chi connectivity index (χ0) is 24.9. The molecule has 0 atom stereocenters. The Balaban J connectivity index is 1.73. The highest BCUT2D eigenvalue weighted by Gasteiger charge is 2.50. The summed E-state index contributed by atoms with van der Waals surface area (Å²) in [7, 11) is 0.264. The van der Waals surface area contributed by atoms with Gasteiger partial charge in [-0.1, -0.05) is 0 Å². The van der Waals surface area contributed by atoms with Gasteiger partial charge in [-0.15, -0.1) is 0 Å². The summed E-state index contributed by atoms with van der Waals surface area (Å²) in [6, 6.07) is 4.41. The van der Waals surface area contributed by atoms with Crippen molar-refractivity contribution in [2.24, 2.45) is 14.1 Å². The topological polar surface area (TPSA) is 130 Å². The number of aryl methyl sites for hydroxylation is 2. The minimum atomic E-state index is -3.15. The molecule has 1 aromatic carbocycles. The number of fused-ring (bicyclic) bond motifs is 1. The third-order valence-electron chi connectivity index (χ3n) is 6.35. The molecule has 0 saturated heterocycles. The molecule has 1 aliphatic carbocycles.